The molecule has 4 N–H and O–H groups in total. The van der Waals surface area contributed by atoms with Crippen LogP contribution in [0.15, 0.2) is 72.1 Å². The van der Waals surface area contributed by atoms with Gasteiger partial charge in [0.15, 0.2) is 0 Å². The highest BCUT2D eigenvalue weighted by Crippen LogP contribution is 2.47. The predicted molar refractivity (Wildman–Crippen MR) is 140 cm³/mol. The first kappa shape index (κ1) is 23.5. The zero-order valence-corrected chi connectivity index (χ0v) is 21.1. The molecule has 8 nitrogen and oxygen atoms in total. The standard InChI is InChI=1S/C29H31N5O3/c1-28(2)27(37)34(23(16-31-28)18-7-4-3-5-8-18)17-24(35)32-21-11-10-19-14-29(15-20(19)13-21)22-9-6-12-30-25(22)33-26(29)36/h3-11,13,23,30-31H,12,14-17H2,1-2H3,(H,32,35)(H,33,36). The van der Waals surface area contributed by atoms with Crippen LogP contribution in [0.3, 0.4) is 0 Å². The second kappa shape index (κ2) is 8.59. The van der Waals surface area contributed by atoms with Crippen molar-refractivity contribution in [3.63, 3.8) is 0 Å². The molecule has 0 radical (unpaired) electrons. The van der Waals surface area contributed by atoms with Gasteiger partial charge in [0.25, 0.3) is 0 Å². The number of fused-ring (bicyclic) bond motifs is 2. The van der Waals surface area contributed by atoms with Gasteiger partial charge in [0.05, 0.1) is 17.0 Å². The molecule has 8 heteroatoms. The number of carbonyl (C=O) groups is 3. The summed E-state index contributed by atoms with van der Waals surface area (Å²) in [6, 6.07) is 15.4. The number of rotatable bonds is 4. The van der Waals surface area contributed by atoms with E-state index in [1.54, 1.807) is 4.90 Å². The van der Waals surface area contributed by atoms with E-state index < -0.39 is 11.0 Å². The number of benzene rings is 2. The summed E-state index contributed by atoms with van der Waals surface area (Å²) in [6.07, 6.45) is 5.31. The molecule has 3 aliphatic heterocycles. The van der Waals surface area contributed by atoms with Crippen LogP contribution in [0, 0.1) is 5.41 Å². The largest absolute Gasteiger partial charge is 0.368 e. The summed E-state index contributed by atoms with van der Waals surface area (Å²) in [6.45, 7) is 4.92. The van der Waals surface area contributed by atoms with Crippen molar-refractivity contribution in [1.82, 2.24) is 20.9 Å². The van der Waals surface area contributed by atoms with Gasteiger partial charge in [0, 0.05) is 24.4 Å². The van der Waals surface area contributed by atoms with Gasteiger partial charge in [-0.3, -0.25) is 14.4 Å². The minimum absolute atomic E-state index is 0.0186. The Morgan fingerprint density at radius 3 is 2.68 bits per heavy atom. The lowest BCUT2D eigenvalue weighted by molar-refractivity contribution is -0.146. The van der Waals surface area contributed by atoms with Gasteiger partial charge in [-0.15, -0.1) is 0 Å². The molecule has 2 aromatic rings. The second-order valence-corrected chi connectivity index (χ2v) is 10.9. The van der Waals surface area contributed by atoms with Crippen molar-refractivity contribution >= 4 is 23.4 Å². The Bertz CT molecular complexity index is 1360. The van der Waals surface area contributed by atoms with E-state index in [1.165, 1.54) is 0 Å². The number of hydrogen-bond donors (Lipinski definition) is 4. The molecule has 2 atom stereocenters. The maximum absolute atomic E-state index is 13.3. The Morgan fingerprint density at radius 1 is 1.08 bits per heavy atom. The normalized spacial score (nSPS) is 25.6. The molecule has 1 spiro atoms. The average Bonchev–Trinajstić information content (AvgIpc) is 3.40. The molecule has 190 valence electrons. The summed E-state index contributed by atoms with van der Waals surface area (Å²) < 4.78 is 0. The molecule has 1 fully saturated rings. The molecule has 2 unspecified atom stereocenters. The zero-order valence-electron chi connectivity index (χ0n) is 21.1. The predicted octanol–water partition coefficient (Wildman–Crippen LogP) is 2.16. The highest BCUT2D eigenvalue weighted by atomic mass is 16.2. The number of allylic oxidation sites excluding steroid dienone is 1. The van der Waals surface area contributed by atoms with Gasteiger partial charge in [-0.25, -0.2) is 0 Å². The van der Waals surface area contributed by atoms with Gasteiger partial charge in [-0.2, -0.15) is 0 Å². The zero-order chi connectivity index (χ0) is 25.8. The monoisotopic (exact) mass is 497 g/mol. The Balaban J connectivity index is 1.20. The Morgan fingerprint density at radius 2 is 1.86 bits per heavy atom. The topological polar surface area (TPSA) is 103 Å². The van der Waals surface area contributed by atoms with E-state index >= 15 is 0 Å². The summed E-state index contributed by atoms with van der Waals surface area (Å²) in [4.78, 5) is 41.2. The maximum atomic E-state index is 13.3. The summed E-state index contributed by atoms with van der Waals surface area (Å²) in [5.41, 5.74) is 3.49. The van der Waals surface area contributed by atoms with Crippen LogP contribution in [-0.2, 0) is 27.2 Å². The number of anilines is 1. The summed E-state index contributed by atoms with van der Waals surface area (Å²) in [7, 11) is 0. The lowest BCUT2D eigenvalue weighted by atomic mass is 9.78. The first-order chi connectivity index (χ1) is 17.8. The molecule has 0 aromatic heterocycles. The fourth-order valence-corrected chi connectivity index (χ4v) is 6.03. The quantitative estimate of drug-likeness (QED) is 0.519. The number of dihydropyridines is 1. The smallest absolute Gasteiger partial charge is 0.244 e. The molecular weight excluding hydrogens is 466 g/mol. The summed E-state index contributed by atoms with van der Waals surface area (Å²) >= 11 is 0. The van der Waals surface area contributed by atoms with Crippen molar-refractivity contribution in [3.05, 3.63) is 88.8 Å². The Hall–Kier alpha value is -3.91. The average molecular weight is 498 g/mol. The molecule has 0 bridgehead atoms. The van der Waals surface area contributed by atoms with Crippen LogP contribution < -0.4 is 21.3 Å². The van der Waals surface area contributed by atoms with E-state index in [9.17, 15) is 14.4 Å². The first-order valence-corrected chi connectivity index (χ1v) is 12.8. The highest BCUT2D eigenvalue weighted by Gasteiger charge is 2.51. The highest BCUT2D eigenvalue weighted by molar-refractivity contribution is 5.97. The molecule has 4 aliphatic rings. The molecular formula is C29H31N5O3. The molecule has 2 aromatic carbocycles. The van der Waals surface area contributed by atoms with E-state index in [1.807, 2.05) is 74.5 Å². The number of amides is 3. The minimum atomic E-state index is -0.745. The molecule has 3 heterocycles. The third-order valence-corrected chi connectivity index (χ3v) is 8.02. The van der Waals surface area contributed by atoms with Gasteiger partial charge >= 0.3 is 0 Å². The lowest BCUT2D eigenvalue weighted by Crippen LogP contribution is -2.63. The van der Waals surface area contributed by atoms with Crippen molar-refractivity contribution in [2.24, 2.45) is 5.41 Å². The van der Waals surface area contributed by atoms with Gasteiger partial charge in [0.1, 0.15) is 12.4 Å². The molecule has 1 saturated heterocycles. The van der Waals surface area contributed by atoms with Crippen molar-refractivity contribution in [2.75, 3.05) is 25.0 Å². The fraction of sp³-hybridized carbons (Fsp3) is 0.345. The number of nitrogens with zero attached hydrogens (tertiary/aromatic N) is 1. The van der Waals surface area contributed by atoms with Gasteiger partial charge in [-0.1, -0.05) is 48.6 Å². The van der Waals surface area contributed by atoms with Crippen molar-refractivity contribution in [3.8, 4) is 0 Å². The summed E-state index contributed by atoms with van der Waals surface area (Å²) in [5, 5.41) is 12.6. The van der Waals surface area contributed by atoms with E-state index in [-0.39, 0.29) is 30.3 Å². The second-order valence-electron chi connectivity index (χ2n) is 10.9. The van der Waals surface area contributed by atoms with E-state index in [2.05, 4.69) is 21.3 Å². The number of hydrogen-bond acceptors (Lipinski definition) is 5. The Labute approximate surface area is 216 Å². The van der Waals surface area contributed by atoms with Crippen LogP contribution in [0.25, 0.3) is 0 Å². The van der Waals surface area contributed by atoms with E-state index in [4.69, 9.17) is 0 Å². The van der Waals surface area contributed by atoms with Gasteiger partial charge < -0.3 is 26.2 Å². The van der Waals surface area contributed by atoms with Crippen molar-refractivity contribution < 1.29 is 14.4 Å². The number of piperazine rings is 1. The van der Waals surface area contributed by atoms with Crippen LogP contribution in [0.4, 0.5) is 5.69 Å². The molecule has 1 aliphatic carbocycles. The molecule has 6 rings (SSSR count). The van der Waals surface area contributed by atoms with Crippen LogP contribution in [-0.4, -0.2) is 47.8 Å². The fourth-order valence-electron chi connectivity index (χ4n) is 6.03. The first-order valence-electron chi connectivity index (χ1n) is 12.8. The third-order valence-electron chi connectivity index (χ3n) is 8.02. The Kier molecular flexibility index (Phi) is 5.45. The van der Waals surface area contributed by atoms with E-state index in [0.29, 0.717) is 31.6 Å². The van der Waals surface area contributed by atoms with E-state index in [0.717, 1.165) is 28.1 Å². The van der Waals surface area contributed by atoms with Crippen LogP contribution in [0.5, 0.6) is 0 Å². The van der Waals surface area contributed by atoms with Crippen LogP contribution in [0.1, 0.15) is 36.6 Å². The van der Waals surface area contributed by atoms with Crippen LogP contribution in [0.2, 0.25) is 0 Å². The lowest BCUT2D eigenvalue weighted by Gasteiger charge is -2.43. The minimum Gasteiger partial charge on any atom is -0.368 e. The maximum Gasteiger partial charge on any atom is 0.244 e. The number of carbonyl (C=O) groups excluding carboxylic acids is 3. The van der Waals surface area contributed by atoms with Crippen LogP contribution >= 0.6 is 0 Å². The molecule has 3 amide bonds. The SMILES string of the molecule is CC1(C)NCC(c2ccccc2)N(CC(=O)Nc2ccc3c(c2)CC2(C3)C(=O)NC3=C2C=CCN3)C1=O. The van der Waals surface area contributed by atoms with Gasteiger partial charge in [0.2, 0.25) is 17.7 Å². The third kappa shape index (κ3) is 3.92. The molecule has 37 heavy (non-hydrogen) atoms. The molecule has 0 saturated carbocycles. The summed E-state index contributed by atoms with van der Waals surface area (Å²) in [5.74, 6) is 0.474. The van der Waals surface area contributed by atoms with Crippen molar-refractivity contribution in [2.45, 2.75) is 38.3 Å². The number of nitrogens with one attached hydrogen (secondary N) is 4. The van der Waals surface area contributed by atoms with Crippen molar-refractivity contribution in [1.29, 1.82) is 0 Å². The van der Waals surface area contributed by atoms with Gasteiger partial charge in [-0.05, 0) is 55.5 Å².